The number of ether oxygens (including phenoxy) is 1. The average Bonchev–Trinajstić information content (AvgIpc) is 3.12. The highest BCUT2D eigenvalue weighted by atomic mass is 32.1. The zero-order valence-electron chi connectivity index (χ0n) is 14.3. The molecule has 24 heavy (non-hydrogen) atoms. The summed E-state index contributed by atoms with van der Waals surface area (Å²) in [5.74, 6) is 1.16. The first-order valence-electron chi connectivity index (χ1n) is 7.70. The van der Waals surface area contributed by atoms with Gasteiger partial charge in [0.15, 0.2) is 0 Å². The number of aromatic nitrogens is 1. The summed E-state index contributed by atoms with van der Waals surface area (Å²) in [7, 11) is 1.61. The molecule has 3 rings (SSSR count). The summed E-state index contributed by atoms with van der Waals surface area (Å²) in [5, 5.41) is 21.6. The van der Waals surface area contributed by atoms with Crippen molar-refractivity contribution < 1.29 is 9.84 Å². The fraction of sp³-hybridized carbons (Fsp3) is 0.333. The number of hydrogen-bond acceptors (Lipinski definition) is 5. The summed E-state index contributed by atoms with van der Waals surface area (Å²) in [6.45, 7) is 6.57. The first kappa shape index (κ1) is 16.5. The van der Waals surface area contributed by atoms with E-state index in [2.05, 4.69) is 25.8 Å². The van der Waals surface area contributed by atoms with Crippen LogP contribution in [0.1, 0.15) is 31.5 Å². The van der Waals surface area contributed by atoms with Gasteiger partial charge in [0, 0.05) is 22.5 Å². The molecule has 1 aromatic heterocycles. The van der Waals surface area contributed by atoms with Crippen LogP contribution in [0.2, 0.25) is 0 Å². The van der Waals surface area contributed by atoms with Crippen LogP contribution in [0.3, 0.4) is 0 Å². The molecule has 1 aliphatic rings. The number of hydrogen-bond donors (Lipinski definition) is 2. The van der Waals surface area contributed by atoms with E-state index >= 15 is 0 Å². The van der Waals surface area contributed by atoms with Crippen molar-refractivity contribution in [3.05, 3.63) is 46.1 Å². The van der Waals surface area contributed by atoms with Crippen LogP contribution in [0, 0.1) is 5.41 Å². The van der Waals surface area contributed by atoms with Crippen LogP contribution in [0.5, 0.6) is 5.75 Å². The largest absolute Gasteiger partial charge is 0.510 e. The minimum atomic E-state index is -0.0573. The Labute approximate surface area is 145 Å². The predicted molar refractivity (Wildman–Crippen MR) is 98.4 cm³/mol. The molecule has 0 unspecified atom stereocenters. The summed E-state index contributed by atoms with van der Waals surface area (Å²) in [4.78, 5) is 6.39. The quantitative estimate of drug-likeness (QED) is 0.875. The van der Waals surface area contributed by atoms with E-state index in [0.717, 1.165) is 17.1 Å². The molecule has 0 spiro atoms. The summed E-state index contributed by atoms with van der Waals surface area (Å²) >= 11 is 1.46. The molecule has 1 aromatic carbocycles. The lowest BCUT2D eigenvalue weighted by Crippen LogP contribution is -2.26. The molecule has 126 valence electrons. The van der Waals surface area contributed by atoms with Gasteiger partial charge in [0.25, 0.3) is 0 Å². The molecular weight excluding hydrogens is 322 g/mol. The molecule has 0 saturated heterocycles. The van der Waals surface area contributed by atoms with Gasteiger partial charge in [-0.15, -0.1) is 11.3 Å². The zero-order valence-corrected chi connectivity index (χ0v) is 15.1. The number of nitrogens with zero attached hydrogens (tertiary/aromatic N) is 2. The van der Waals surface area contributed by atoms with E-state index in [0.29, 0.717) is 10.6 Å². The van der Waals surface area contributed by atoms with E-state index in [1.54, 1.807) is 12.0 Å². The van der Waals surface area contributed by atoms with E-state index in [9.17, 15) is 5.11 Å². The van der Waals surface area contributed by atoms with E-state index in [1.807, 2.05) is 29.6 Å². The van der Waals surface area contributed by atoms with Crippen molar-refractivity contribution in [2.45, 2.75) is 26.2 Å². The molecule has 1 aliphatic heterocycles. The summed E-state index contributed by atoms with van der Waals surface area (Å²) < 4.78 is 5.25. The number of thiazole rings is 1. The third kappa shape index (κ3) is 2.89. The number of nitrogens with one attached hydrogen (secondary N) is 1. The summed E-state index contributed by atoms with van der Waals surface area (Å²) in [6.07, 6.45) is 0. The molecule has 2 N–H and O–H groups in total. The fourth-order valence-electron chi connectivity index (χ4n) is 2.54. The molecule has 0 aliphatic carbocycles. The minimum Gasteiger partial charge on any atom is -0.510 e. The topological polar surface area (TPSA) is 69.4 Å². The fourth-order valence-corrected chi connectivity index (χ4v) is 3.65. The SMILES string of the molecule is COc1cccc(N2CC(O)=C(c3nc(C(C)(C)C)cs3)C2=N)c1. The van der Waals surface area contributed by atoms with Crippen LogP contribution in [-0.4, -0.2) is 29.6 Å². The van der Waals surface area contributed by atoms with Crippen LogP contribution >= 0.6 is 11.3 Å². The van der Waals surface area contributed by atoms with Crippen molar-refractivity contribution in [2.75, 3.05) is 18.6 Å². The Balaban J connectivity index is 1.92. The number of rotatable bonds is 3. The van der Waals surface area contributed by atoms with Crippen molar-refractivity contribution in [3.8, 4) is 5.75 Å². The second-order valence-electron chi connectivity index (χ2n) is 6.75. The van der Waals surface area contributed by atoms with Gasteiger partial charge in [-0.3, -0.25) is 5.41 Å². The number of aliphatic hydroxyl groups excluding tert-OH is 1. The number of anilines is 1. The lowest BCUT2D eigenvalue weighted by atomic mass is 9.93. The molecular formula is C18H21N3O2S. The van der Waals surface area contributed by atoms with Crippen LogP contribution in [-0.2, 0) is 5.41 Å². The van der Waals surface area contributed by atoms with Gasteiger partial charge in [-0.05, 0) is 12.1 Å². The lowest BCUT2D eigenvalue weighted by molar-refractivity contribution is 0.410. The van der Waals surface area contributed by atoms with Gasteiger partial charge in [0.1, 0.15) is 22.4 Å². The normalized spacial score (nSPS) is 15.3. The molecule has 6 heteroatoms. The van der Waals surface area contributed by atoms with E-state index in [1.165, 1.54) is 11.3 Å². The summed E-state index contributed by atoms with van der Waals surface area (Å²) in [5.41, 5.74) is 2.24. The third-order valence-corrected chi connectivity index (χ3v) is 4.81. The molecule has 0 atom stereocenters. The second kappa shape index (κ2) is 5.94. The van der Waals surface area contributed by atoms with Crippen LogP contribution in [0.25, 0.3) is 5.57 Å². The van der Waals surface area contributed by atoms with Crippen molar-refractivity contribution in [3.63, 3.8) is 0 Å². The van der Waals surface area contributed by atoms with Gasteiger partial charge in [-0.25, -0.2) is 4.98 Å². The van der Waals surface area contributed by atoms with Gasteiger partial charge in [0.2, 0.25) is 0 Å². The van der Waals surface area contributed by atoms with E-state index in [-0.39, 0.29) is 23.6 Å². The highest BCUT2D eigenvalue weighted by Crippen LogP contribution is 2.35. The van der Waals surface area contributed by atoms with E-state index < -0.39 is 0 Å². The van der Waals surface area contributed by atoms with Gasteiger partial charge < -0.3 is 14.7 Å². The second-order valence-corrected chi connectivity index (χ2v) is 7.60. The highest BCUT2D eigenvalue weighted by molar-refractivity contribution is 7.11. The Morgan fingerprint density at radius 1 is 1.33 bits per heavy atom. The standard InChI is InChI=1S/C18H21N3O2S/c1-18(2,3)14-10-24-17(20-14)15-13(22)9-21(16(15)19)11-6-5-7-12(8-11)23-4/h5-8,10,19,22H,9H2,1-4H3. The minimum absolute atomic E-state index is 0.0573. The number of methoxy groups -OCH3 is 1. The maximum atomic E-state index is 10.4. The van der Waals surface area contributed by atoms with Gasteiger partial charge in [0.05, 0.1) is 24.9 Å². The number of aliphatic hydroxyl groups is 1. The third-order valence-electron chi connectivity index (χ3n) is 3.95. The molecule has 2 heterocycles. The maximum Gasteiger partial charge on any atom is 0.139 e. The Kier molecular flexibility index (Phi) is 4.09. The monoisotopic (exact) mass is 343 g/mol. The Morgan fingerprint density at radius 2 is 2.08 bits per heavy atom. The smallest absolute Gasteiger partial charge is 0.139 e. The predicted octanol–water partition coefficient (Wildman–Crippen LogP) is 4.22. The van der Waals surface area contributed by atoms with Crippen molar-refractivity contribution >= 4 is 28.4 Å². The lowest BCUT2D eigenvalue weighted by Gasteiger charge is -2.19. The van der Waals surface area contributed by atoms with Crippen molar-refractivity contribution in [1.29, 1.82) is 5.41 Å². The summed E-state index contributed by atoms with van der Waals surface area (Å²) in [6, 6.07) is 7.48. The van der Waals surface area contributed by atoms with Crippen LogP contribution < -0.4 is 9.64 Å². The molecule has 0 radical (unpaired) electrons. The van der Waals surface area contributed by atoms with Crippen molar-refractivity contribution in [1.82, 2.24) is 4.98 Å². The van der Waals surface area contributed by atoms with Gasteiger partial charge in [-0.2, -0.15) is 0 Å². The average molecular weight is 343 g/mol. The van der Waals surface area contributed by atoms with Crippen LogP contribution in [0.4, 0.5) is 5.69 Å². The first-order chi connectivity index (χ1) is 11.3. The molecule has 2 aromatic rings. The zero-order chi connectivity index (χ0) is 17.5. The molecule has 0 saturated carbocycles. The molecule has 0 bridgehead atoms. The number of amidine groups is 1. The Bertz CT molecular complexity index is 818. The number of benzene rings is 1. The van der Waals surface area contributed by atoms with Crippen molar-refractivity contribution in [2.24, 2.45) is 0 Å². The van der Waals surface area contributed by atoms with Gasteiger partial charge >= 0.3 is 0 Å². The maximum absolute atomic E-state index is 10.4. The Morgan fingerprint density at radius 3 is 2.71 bits per heavy atom. The Hall–Kier alpha value is -2.34. The van der Waals surface area contributed by atoms with E-state index in [4.69, 9.17) is 10.1 Å². The van der Waals surface area contributed by atoms with Gasteiger partial charge in [-0.1, -0.05) is 26.8 Å². The molecule has 0 amide bonds. The molecule has 5 nitrogen and oxygen atoms in total. The van der Waals surface area contributed by atoms with Crippen LogP contribution in [0.15, 0.2) is 35.4 Å². The first-order valence-corrected chi connectivity index (χ1v) is 8.58. The highest BCUT2D eigenvalue weighted by Gasteiger charge is 2.32. The molecule has 0 fully saturated rings.